The first-order valence-corrected chi connectivity index (χ1v) is 10.1. The number of H-pyrrole nitrogens is 1. The molecule has 0 saturated carbocycles. The van der Waals surface area contributed by atoms with Crippen LogP contribution in [0.3, 0.4) is 0 Å². The average molecular weight is 377 g/mol. The molecule has 1 aromatic carbocycles. The van der Waals surface area contributed by atoms with Crippen molar-refractivity contribution >= 4 is 15.9 Å². The summed E-state index contributed by atoms with van der Waals surface area (Å²) in [6, 6.07) is 6.19. The van der Waals surface area contributed by atoms with Gasteiger partial charge in [-0.3, -0.25) is 4.79 Å². The van der Waals surface area contributed by atoms with Crippen molar-refractivity contribution in [3.05, 3.63) is 48.0 Å². The lowest BCUT2D eigenvalue weighted by molar-refractivity contribution is 0.0940. The van der Waals surface area contributed by atoms with Crippen molar-refractivity contribution < 1.29 is 13.2 Å². The van der Waals surface area contributed by atoms with Crippen LogP contribution in [0.5, 0.6) is 0 Å². The first-order chi connectivity index (χ1) is 12.5. The van der Waals surface area contributed by atoms with Gasteiger partial charge in [0.15, 0.2) is 0 Å². The van der Waals surface area contributed by atoms with Crippen LogP contribution in [0.1, 0.15) is 29.0 Å². The Bertz CT molecular complexity index is 830. The second-order valence-corrected chi connectivity index (χ2v) is 8.00. The fraction of sp³-hybridized carbons (Fsp3) is 0.412. The van der Waals surface area contributed by atoms with Gasteiger partial charge in [-0.1, -0.05) is 6.07 Å². The first kappa shape index (κ1) is 18.6. The molecule has 2 heterocycles. The molecule has 1 saturated heterocycles. The van der Waals surface area contributed by atoms with E-state index in [1.807, 2.05) is 0 Å². The van der Waals surface area contributed by atoms with Crippen LogP contribution in [0.4, 0.5) is 0 Å². The Morgan fingerprint density at radius 2 is 2.23 bits per heavy atom. The molecule has 1 unspecified atom stereocenters. The molecule has 4 N–H and O–H groups in total. The highest BCUT2D eigenvalue weighted by atomic mass is 32.2. The molecule has 2 aromatic rings. The van der Waals surface area contributed by atoms with Gasteiger partial charge in [-0.05, 0) is 37.6 Å². The van der Waals surface area contributed by atoms with Crippen LogP contribution in [-0.4, -0.2) is 50.0 Å². The molecule has 1 aliphatic rings. The lowest BCUT2D eigenvalue weighted by Gasteiger charge is -2.12. The van der Waals surface area contributed by atoms with Crippen molar-refractivity contribution in [2.45, 2.75) is 30.2 Å². The topological polar surface area (TPSA) is 116 Å². The van der Waals surface area contributed by atoms with E-state index in [0.29, 0.717) is 24.9 Å². The van der Waals surface area contributed by atoms with Crippen LogP contribution >= 0.6 is 0 Å². The zero-order chi connectivity index (χ0) is 18.4. The number of hydrogen-bond donors (Lipinski definition) is 4. The van der Waals surface area contributed by atoms with Gasteiger partial charge in [0.1, 0.15) is 5.82 Å². The maximum absolute atomic E-state index is 12.4. The molecule has 0 radical (unpaired) electrons. The Morgan fingerprint density at radius 3 is 2.96 bits per heavy atom. The standard InChI is InChI=1S/C17H23N5O3S/c23-17(22-14-6-8-18-12-14)13-3-1-4-15(11-13)26(24,25)21-7-2-5-16-19-9-10-20-16/h1,3-4,9-11,14,18,21H,2,5-8,12H2,(H,19,20)(H,22,23). The normalized spacial score (nSPS) is 17.3. The Hall–Kier alpha value is -2.23. The molecule has 26 heavy (non-hydrogen) atoms. The molecule has 1 atom stereocenters. The summed E-state index contributed by atoms with van der Waals surface area (Å²) in [6.45, 7) is 1.91. The average Bonchev–Trinajstić information content (AvgIpc) is 3.33. The quantitative estimate of drug-likeness (QED) is 0.498. The number of aromatic nitrogens is 2. The van der Waals surface area contributed by atoms with Gasteiger partial charge in [0.05, 0.1) is 4.90 Å². The van der Waals surface area contributed by atoms with Crippen LogP contribution in [0.15, 0.2) is 41.6 Å². The van der Waals surface area contributed by atoms with E-state index in [1.165, 1.54) is 12.1 Å². The predicted octanol–water partition coefficient (Wildman–Crippen LogP) is 0.413. The van der Waals surface area contributed by atoms with Crippen molar-refractivity contribution in [2.24, 2.45) is 0 Å². The molecule has 1 aliphatic heterocycles. The van der Waals surface area contributed by atoms with Crippen molar-refractivity contribution in [2.75, 3.05) is 19.6 Å². The number of carbonyl (C=O) groups excluding carboxylic acids is 1. The number of imidazole rings is 1. The van der Waals surface area contributed by atoms with Gasteiger partial charge >= 0.3 is 0 Å². The largest absolute Gasteiger partial charge is 0.349 e. The summed E-state index contributed by atoms with van der Waals surface area (Å²) in [5.74, 6) is 0.567. The summed E-state index contributed by atoms with van der Waals surface area (Å²) in [7, 11) is -3.66. The minimum atomic E-state index is -3.66. The van der Waals surface area contributed by atoms with Crippen LogP contribution in [0, 0.1) is 0 Å². The third-order valence-corrected chi connectivity index (χ3v) is 5.70. The van der Waals surface area contributed by atoms with E-state index >= 15 is 0 Å². The maximum atomic E-state index is 12.4. The molecule has 1 amide bonds. The summed E-state index contributed by atoms with van der Waals surface area (Å²) >= 11 is 0. The number of hydrogen-bond acceptors (Lipinski definition) is 5. The fourth-order valence-electron chi connectivity index (χ4n) is 2.83. The Labute approximate surface area is 152 Å². The van der Waals surface area contributed by atoms with Gasteiger partial charge in [-0.2, -0.15) is 0 Å². The molecule has 3 rings (SSSR count). The predicted molar refractivity (Wildman–Crippen MR) is 97.3 cm³/mol. The van der Waals surface area contributed by atoms with E-state index < -0.39 is 10.0 Å². The van der Waals surface area contributed by atoms with E-state index in [1.54, 1.807) is 24.5 Å². The Morgan fingerprint density at radius 1 is 1.35 bits per heavy atom. The van der Waals surface area contributed by atoms with Crippen molar-refractivity contribution in [1.82, 2.24) is 25.3 Å². The van der Waals surface area contributed by atoms with Crippen molar-refractivity contribution in [1.29, 1.82) is 0 Å². The lowest BCUT2D eigenvalue weighted by Crippen LogP contribution is -2.36. The number of amides is 1. The second kappa shape index (κ2) is 8.43. The zero-order valence-electron chi connectivity index (χ0n) is 14.4. The molecule has 0 aliphatic carbocycles. The van der Waals surface area contributed by atoms with Gasteiger partial charge in [0.25, 0.3) is 5.91 Å². The summed E-state index contributed by atoms with van der Waals surface area (Å²) in [5.41, 5.74) is 0.343. The van der Waals surface area contributed by atoms with E-state index in [9.17, 15) is 13.2 Å². The third-order valence-electron chi connectivity index (χ3n) is 4.24. The summed E-state index contributed by atoms with van der Waals surface area (Å²) in [4.78, 5) is 19.5. The fourth-order valence-corrected chi connectivity index (χ4v) is 3.95. The SMILES string of the molecule is O=C(NC1CCNC1)c1cccc(S(=O)(=O)NCCCc2ncc[nH]2)c1. The number of sulfonamides is 1. The monoisotopic (exact) mass is 377 g/mol. The third kappa shape index (κ3) is 4.90. The molecule has 9 heteroatoms. The maximum Gasteiger partial charge on any atom is 0.251 e. The number of nitrogens with zero attached hydrogens (tertiary/aromatic N) is 1. The van der Waals surface area contributed by atoms with E-state index in [0.717, 1.165) is 25.3 Å². The number of aromatic amines is 1. The molecule has 0 bridgehead atoms. The highest BCUT2D eigenvalue weighted by Crippen LogP contribution is 2.12. The molecule has 1 fully saturated rings. The van der Waals surface area contributed by atoms with E-state index in [-0.39, 0.29) is 16.8 Å². The number of benzene rings is 1. The van der Waals surface area contributed by atoms with Gasteiger partial charge in [-0.25, -0.2) is 18.1 Å². The number of aryl methyl sites for hydroxylation is 1. The van der Waals surface area contributed by atoms with Gasteiger partial charge in [0, 0.05) is 43.5 Å². The van der Waals surface area contributed by atoms with Crippen LogP contribution in [0.25, 0.3) is 0 Å². The summed E-state index contributed by atoms with van der Waals surface area (Å²) in [5, 5.41) is 6.09. The second-order valence-electron chi connectivity index (χ2n) is 6.23. The minimum Gasteiger partial charge on any atom is -0.349 e. The molecular formula is C17H23N5O3S. The van der Waals surface area contributed by atoms with Crippen LogP contribution < -0.4 is 15.4 Å². The van der Waals surface area contributed by atoms with Crippen LogP contribution in [-0.2, 0) is 16.4 Å². The van der Waals surface area contributed by atoms with Gasteiger partial charge < -0.3 is 15.6 Å². The zero-order valence-corrected chi connectivity index (χ0v) is 15.2. The number of carbonyl (C=O) groups is 1. The van der Waals surface area contributed by atoms with E-state index in [4.69, 9.17) is 0 Å². The highest BCUT2D eigenvalue weighted by molar-refractivity contribution is 7.89. The van der Waals surface area contributed by atoms with Crippen molar-refractivity contribution in [3.8, 4) is 0 Å². The molecule has 1 aromatic heterocycles. The van der Waals surface area contributed by atoms with E-state index in [2.05, 4.69) is 25.3 Å². The Balaban J connectivity index is 1.57. The smallest absolute Gasteiger partial charge is 0.251 e. The summed E-state index contributed by atoms with van der Waals surface area (Å²) < 4.78 is 27.4. The molecule has 0 spiro atoms. The lowest BCUT2D eigenvalue weighted by atomic mass is 10.2. The van der Waals surface area contributed by atoms with Gasteiger partial charge in [0.2, 0.25) is 10.0 Å². The van der Waals surface area contributed by atoms with Gasteiger partial charge in [-0.15, -0.1) is 0 Å². The van der Waals surface area contributed by atoms with Crippen LogP contribution in [0.2, 0.25) is 0 Å². The van der Waals surface area contributed by atoms with Crippen molar-refractivity contribution in [3.63, 3.8) is 0 Å². The molecule has 8 nitrogen and oxygen atoms in total. The summed E-state index contributed by atoms with van der Waals surface area (Å²) in [6.07, 6.45) is 5.56. The highest BCUT2D eigenvalue weighted by Gasteiger charge is 2.19. The first-order valence-electron chi connectivity index (χ1n) is 8.64. The molecule has 140 valence electrons. The number of rotatable bonds is 8. The molecular weight excluding hydrogens is 354 g/mol. The number of nitrogens with one attached hydrogen (secondary N) is 4. The Kier molecular flexibility index (Phi) is 6.02. The minimum absolute atomic E-state index is 0.0856.